The molecule has 0 atom stereocenters. The maximum atomic E-state index is 11.7. The van der Waals surface area contributed by atoms with Gasteiger partial charge < -0.3 is 15.0 Å². The van der Waals surface area contributed by atoms with Crippen molar-refractivity contribution in [1.82, 2.24) is 10.2 Å². The first-order chi connectivity index (χ1) is 8.24. The lowest BCUT2D eigenvalue weighted by molar-refractivity contribution is -0.140. The number of carbonyl (C=O) groups is 2. The second kappa shape index (κ2) is 8.36. The molecule has 1 heterocycles. The van der Waals surface area contributed by atoms with Crippen LogP contribution in [-0.2, 0) is 14.3 Å². The molecular formula is C11H20N2O3S. The molecule has 1 fully saturated rings. The molecule has 1 amide bonds. The fourth-order valence-electron chi connectivity index (χ4n) is 1.59. The van der Waals surface area contributed by atoms with Crippen LogP contribution >= 0.6 is 11.8 Å². The molecule has 0 aromatic carbocycles. The van der Waals surface area contributed by atoms with E-state index in [1.807, 2.05) is 4.90 Å². The molecule has 0 spiro atoms. The maximum Gasteiger partial charge on any atom is 0.306 e. The number of rotatable bonds is 6. The molecule has 0 bridgehead atoms. The van der Waals surface area contributed by atoms with Gasteiger partial charge in [-0.15, -0.1) is 0 Å². The Kier molecular flexibility index (Phi) is 7.04. The van der Waals surface area contributed by atoms with E-state index in [1.54, 1.807) is 11.8 Å². The fraction of sp³-hybridized carbons (Fsp3) is 0.818. The summed E-state index contributed by atoms with van der Waals surface area (Å²) in [6.45, 7) is 3.40. The van der Waals surface area contributed by atoms with Crippen molar-refractivity contribution in [3.8, 4) is 0 Å². The summed E-state index contributed by atoms with van der Waals surface area (Å²) in [5.74, 6) is 1.53. The van der Waals surface area contributed by atoms with E-state index in [9.17, 15) is 9.59 Å². The molecule has 0 unspecified atom stereocenters. The third-order valence-corrected chi connectivity index (χ3v) is 3.59. The van der Waals surface area contributed by atoms with Crippen molar-refractivity contribution in [2.24, 2.45) is 0 Å². The average molecular weight is 260 g/mol. The number of ether oxygens (including phenoxy) is 1. The first-order valence-corrected chi connectivity index (χ1v) is 7.02. The van der Waals surface area contributed by atoms with Crippen molar-refractivity contribution in [2.75, 3.05) is 44.8 Å². The highest BCUT2D eigenvalue weighted by Gasteiger charge is 2.15. The number of thioether (sulfide) groups is 1. The first-order valence-electron chi connectivity index (χ1n) is 5.87. The highest BCUT2D eigenvalue weighted by atomic mass is 32.2. The molecule has 1 N–H and O–H groups in total. The number of nitrogens with one attached hydrogen (secondary N) is 1. The lowest BCUT2D eigenvalue weighted by atomic mass is 10.3. The van der Waals surface area contributed by atoms with Crippen LogP contribution in [0, 0.1) is 0 Å². The molecule has 6 heteroatoms. The monoisotopic (exact) mass is 260 g/mol. The van der Waals surface area contributed by atoms with Crippen LogP contribution in [0.2, 0.25) is 0 Å². The van der Waals surface area contributed by atoms with Crippen LogP contribution in [0.1, 0.15) is 12.8 Å². The Labute approximate surface area is 106 Å². The number of nitrogens with zero attached hydrogens (tertiary/aromatic N) is 1. The summed E-state index contributed by atoms with van der Waals surface area (Å²) >= 11 is 1.63. The number of hydrogen-bond donors (Lipinski definition) is 1. The van der Waals surface area contributed by atoms with Gasteiger partial charge >= 0.3 is 5.97 Å². The van der Waals surface area contributed by atoms with E-state index < -0.39 is 0 Å². The van der Waals surface area contributed by atoms with Crippen molar-refractivity contribution in [3.63, 3.8) is 0 Å². The van der Waals surface area contributed by atoms with Crippen LogP contribution in [0.15, 0.2) is 0 Å². The number of amides is 1. The van der Waals surface area contributed by atoms with Crippen LogP contribution in [0.4, 0.5) is 0 Å². The molecule has 1 saturated heterocycles. The summed E-state index contributed by atoms with van der Waals surface area (Å²) in [6, 6.07) is 0. The SMILES string of the molecule is COC(=O)CCSCCC(=O)N1CCNCC1. The molecule has 98 valence electrons. The smallest absolute Gasteiger partial charge is 0.306 e. The predicted molar refractivity (Wildman–Crippen MR) is 68.0 cm³/mol. The van der Waals surface area contributed by atoms with Gasteiger partial charge in [-0.25, -0.2) is 0 Å². The van der Waals surface area contributed by atoms with Gasteiger partial charge in [-0.05, 0) is 0 Å². The van der Waals surface area contributed by atoms with E-state index in [0.29, 0.717) is 12.8 Å². The average Bonchev–Trinajstić information content (AvgIpc) is 2.38. The number of hydrogen-bond acceptors (Lipinski definition) is 5. The summed E-state index contributed by atoms with van der Waals surface area (Å²) in [6.07, 6.45) is 0.981. The van der Waals surface area contributed by atoms with Crippen LogP contribution < -0.4 is 5.32 Å². The third-order valence-electron chi connectivity index (χ3n) is 2.61. The van der Waals surface area contributed by atoms with E-state index in [-0.39, 0.29) is 11.9 Å². The zero-order valence-electron chi connectivity index (χ0n) is 10.2. The van der Waals surface area contributed by atoms with Gasteiger partial charge in [-0.2, -0.15) is 11.8 Å². The van der Waals surface area contributed by atoms with Crippen LogP contribution in [0.5, 0.6) is 0 Å². The third kappa shape index (κ3) is 5.93. The van der Waals surface area contributed by atoms with Gasteiger partial charge in [0, 0.05) is 44.1 Å². The lowest BCUT2D eigenvalue weighted by Gasteiger charge is -2.27. The van der Waals surface area contributed by atoms with Gasteiger partial charge in [0.15, 0.2) is 0 Å². The summed E-state index contributed by atoms with van der Waals surface area (Å²) < 4.78 is 4.54. The standard InChI is InChI=1S/C11H20N2O3S/c1-16-11(15)3-9-17-8-2-10(14)13-6-4-12-5-7-13/h12H,2-9H2,1H3. The van der Waals surface area contributed by atoms with Crippen LogP contribution in [0.3, 0.4) is 0 Å². The van der Waals surface area contributed by atoms with Crippen molar-refractivity contribution in [3.05, 3.63) is 0 Å². The zero-order chi connectivity index (χ0) is 12.5. The van der Waals surface area contributed by atoms with Crippen LogP contribution in [-0.4, -0.2) is 61.6 Å². The minimum Gasteiger partial charge on any atom is -0.469 e. The molecule has 0 aromatic heterocycles. The fourth-order valence-corrected chi connectivity index (χ4v) is 2.43. The molecule has 0 radical (unpaired) electrons. The van der Waals surface area contributed by atoms with Crippen molar-refractivity contribution >= 4 is 23.6 Å². The van der Waals surface area contributed by atoms with E-state index >= 15 is 0 Å². The highest BCUT2D eigenvalue weighted by Crippen LogP contribution is 2.07. The molecule has 0 aliphatic carbocycles. The highest BCUT2D eigenvalue weighted by molar-refractivity contribution is 7.99. The normalized spacial score (nSPS) is 15.7. The lowest BCUT2D eigenvalue weighted by Crippen LogP contribution is -2.46. The Hall–Kier alpha value is -0.750. The Bertz CT molecular complexity index is 255. The van der Waals surface area contributed by atoms with Gasteiger partial charge in [0.25, 0.3) is 0 Å². The molecular weight excluding hydrogens is 240 g/mol. The molecule has 1 rings (SSSR count). The van der Waals surface area contributed by atoms with Crippen LogP contribution in [0.25, 0.3) is 0 Å². The second-order valence-electron chi connectivity index (χ2n) is 3.82. The number of carbonyl (C=O) groups excluding carboxylic acids is 2. The minimum atomic E-state index is -0.189. The topological polar surface area (TPSA) is 58.6 Å². The summed E-state index contributed by atoms with van der Waals surface area (Å²) in [5.41, 5.74) is 0. The molecule has 5 nitrogen and oxygen atoms in total. The largest absolute Gasteiger partial charge is 0.469 e. The Morgan fingerprint density at radius 2 is 1.88 bits per heavy atom. The van der Waals surface area contributed by atoms with Crippen molar-refractivity contribution < 1.29 is 14.3 Å². The molecule has 1 aliphatic rings. The van der Waals surface area contributed by atoms with E-state index in [2.05, 4.69) is 10.1 Å². The predicted octanol–water partition coefficient (Wildman–Crippen LogP) is 0.105. The van der Waals surface area contributed by atoms with E-state index in [4.69, 9.17) is 0 Å². The molecule has 0 aromatic rings. The molecule has 1 aliphatic heterocycles. The maximum absolute atomic E-state index is 11.7. The van der Waals surface area contributed by atoms with Crippen molar-refractivity contribution in [2.45, 2.75) is 12.8 Å². The summed E-state index contributed by atoms with van der Waals surface area (Å²) in [4.78, 5) is 24.5. The van der Waals surface area contributed by atoms with E-state index in [0.717, 1.165) is 37.7 Å². The molecule has 0 saturated carbocycles. The number of esters is 1. The second-order valence-corrected chi connectivity index (χ2v) is 5.04. The van der Waals surface area contributed by atoms with Crippen molar-refractivity contribution in [1.29, 1.82) is 0 Å². The summed E-state index contributed by atoms with van der Waals surface area (Å²) in [5, 5.41) is 3.21. The Morgan fingerprint density at radius 1 is 1.24 bits per heavy atom. The van der Waals surface area contributed by atoms with Gasteiger partial charge in [0.1, 0.15) is 0 Å². The van der Waals surface area contributed by atoms with Gasteiger partial charge in [-0.1, -0.05) is 0 Å². The zero-order valence-corrected chi connectivity index (χ0v) is 11.1. The number of methoxy groups -OCH3 is 1. The van der Waals surface area contributed by atoms with Gasteiger partial charge in [-0.3, -0.25) is 9.59 Å². The Balaban J connectivity index is 2.01. The number of piperazine rings is 1. The van der Waals surface area contributed by atoms with Gasteiger partial charge in [0.05, 0.1) is 13.5 Å². The first kappa shape index (κ1) is 14.3. The summed E-state index contributed by atoms with van der Waals surface area (Å²) in [7, 11) is 1.39. The quantitative estimate of drug-likeness (QED) is 0.542. The van der Waals surface area contributed by atoms with Gasteiger partial charge in [0.2, 0.25) is 5.91 Å². The van der Waals surface area contributed by atoms with E-state index in [1.165, 1.54) is 7.11 Å². The molecule has 17 heavy (non-hydrogen) atoms. The minimum absolute atomic E-state index is 0.189. The Morgan fingerprint density at radius 3 is 2.53 bits per heavy atom.